The summed E-state index contributed by atoms with van der Waals surface area (Å²) in [5.74, 6) is -1.64. The van der Waals surface area contributed by atoms with Gasteiger partial charge in [0.15, 0.2) is 6.61 Å². The maximum atomic E-state index is 12.8. The summed E-state index contributed by atoms with van der Waals surface area (Å²) in [6.45, 7) is 3.46. The average Bonchev–Trinajstić information content (AvgIpc) is 2.66. The highest BCUT2D eigenvalue weighted by atomic mass is 19.1. The number of benzene rings is 2. The Morgan fingerprint density at radius 3 is 2.36 bits per heavy atom. The Labute approximate surface area is 163 Å². The van der Waals surface area contributed by atoms with Crippen LogP contribution in [0, 0.1) is 19.7 Å². The number of rotatable bonds is 8. The van der Waals surface area contributed by atoms with Crippen molar-refractivity contribution in [1.82, 2.24) is 0 Å². The Morgan fingerprint density at radius 2 is 1.64 bits per heavy atom. The summed E-state index contributed by atoms with van der Waals surface area (Å²) in [5, 5.41) is 5.31. The molecule has 2 aromatic carbocycles. The van der Waals surface area contributed by atoms with E-state index in [4.69, 9.17) is 4.74 Å². The van der Waals surface area contributed by atoms with Gasteiger partial charge in [-0.05, 0) is 61.7 Å². The average molecular weight is 386 g/mol. The predicted octanol–water partition coefficient (Wildman–Crippen LogP) is 3.73. The molecular formula is C21H23FN2O4. The van der Waals surface area contributed by atoms with Gasteiger partial charge in [-0.2, -0.15) is 0 Å². The second-order valence-corrected chi connectivity index (χ2v) is 6.36. The van der Waals surface area contributed by atoms with Gasteiger partial charge >= 0.3 is 5.97 Å². The molecule has 0 unspecified atom stereocenters. The number of hydrogen-bond acceptors (Lipinski definition) is 4. The van der Waals surface area contributed by atoms with Gasteiger partial charge in [0.2, 0.25) is 5.91 Å². The number of ether oxygens (including phenoxy) is 1. The number of amides is 2. The fourth-order valence-electron chi connectivity index (χ4n) is 2.44. The molecule has 2 amide bonds. The number of aryl methyl sites for hydroxylation is 1. The van der Waals surface area contributed by atoms with Crippen molar-refractivity contribution >= 4 is 29.2 Å². The van der Waals surface area contributed by atoms with Crippen molar-refractivity contribution in [3.63, 3.8) is 0 Å². The minimum Gasteiger partial charge on any atom is -0.456 e. The summed E-state index contributed by atoms with van der Waals surface area (Å²) >= 11 is 0. The number of hydrogen-bond donors (Lipinski definition) is 2. The first-order valence-electron chi connectivity index (χ1n) is 8.92. The van der Waals surface area contributed by atoms with Gasteiger partial charge in [0.25, 0.3) is 5.91 Å². The standard InChI is InChI=1S/C21H23FN2O4/c1-14-5-3-6-18(15(14)2)24-20(26)13-28-21(27)8-4-7-19(25)23-17-11-9-16(22)10-12-17/h3,5-6,9-12H,4,7-8,13H2,1-2H3,(H,23,25)(H,24,26). The van der Waals surface area contributed by atoms with Crippen molar-refractivity contribution in [2.75, 3.05) is 17.2 Å². The summed E-state index contributed by atoms with van der Waals surface area (Å²) in [5.41, 5.74) is 3.17. The van der Waals surface area contributed by atoms with Gasteiger partial charge in [-0.3, -0.25) is 14.4 Å². The fourth-order valence-corrected chi connectivity index (χ4v) is 2.44. The molecule has 0 aromatic heterocycles. The van der Waals surface area contributed by atoms with Gasteiger partial charge in [0.05, 0.1) is 0 Å². The van der Waals surface area contributed by atoms with Crippen LogP contribution in [0.5, 0.6) is 0 Å². The zero-order chi connectivity index (χ0) is 20.5. The highest BCUT2D eigenvalue weighted by Crippen LogP contribution is 2.17. The molecule has 148 valence electrons. The number of nitrogens with one attached hydrogen (secondary N) is 2. The quantitative estimate of drug-likeness (QED) is 0.677. The molecule has 2 N–H and O–H groups in total. The van der Waals surface area contributed by atoms with Gasteiger partial charge in [-0.15, -0.1) is 0 Å². The summed E-state index contributed by atoms with van der Waals surface area (Å²) in [6.07, 6.45) is 0.416. The summed E-state index contributed by atoms with van der Waals surface area (Å²) in [6, 6.07) is 11.0. The number of halogens is 1. The molecule has 2 aromatic rings. The zero-order valence-corrected chi connectivity index (χ0v) is 15.9. The smallest absolute Gasteiger partial charge is 0.306 e. The van der Waals surface area contributed by atoms with Crippen LogP contribution < -0.4 is 10.6 Å². The monoisotopic (exact) mass is 386 g/mol. The van der Waals surface area contributed by atoms with E-state index in [1.165, 1.54) is 24.3 Å². The van der Waals surface area contributed by atoms with E-state index in [0.717, 1.165) is 11.1 Å². The third kappa shape index (κ3) is 6.83. The molecule has 0 fully saturated rings. The van der Waals surface area contributed by atoms with E-state index in [2.05, 4.69) is 10.6 Å². The molecule has 0 spiro atoms. The molecule has 0 heterocycles. The van der Waals surface area contributed by atoms with Crippen molar-refractivity contribution in [3.8, 4) is 0 Å². The zero-order valence-electron chi connectivity index (χ0n) is 15.9. The summed E-state index contributed by atoms with van der Waals surface area (Å²) < 4.78 is 17.7. The van der Waals surface area contributed by atoms with Gasteiger partial charge in [-0.1, -0.05) is 12.1 Å². The molecule has 6 nitrogen and oxygen atoms in total. The van der Waals surface area contributed by atoms with Gasteiger partial charge in [-0.25, -0.2) is 4.39 Å². The van der Waals surface area contributed by atoms with E-state index in [1.807, 2.05) is 26.0 Å². The Kier molecular flexibility index (Phi) is 7.68. The van der Waals surface area contributed by atoms with E-state index >= 15 is 0 Å². The molecule has 7 heteroatoms. The lowest BCUT2D eigenvalue weighted by atomic mass is 10.1. The Morgan fingerprint density at radius 1 is 0.929 bits per heavy atom. The second kappa shape index (κ2) is 10.2. The van der Waals surface area contributed by atoms with Crippen molar-refractivity contribution < 1.29 is 23.5 Å². The molecule has 0 atom stereocenters. The Hall–Kier alpha value is -3.22. The van der Waals surface area contributed by atoms with Crippen LogP contribution in [0.3, 0.4) is 0 Å². The highest BCUT2D eigenvalue weighted by molar-refractivity contribution is 5.93. The van der Waals surface area contributed by atoms with Crippen LogP contribution in [-0.2, 0) is 19.1 Å². The maximum Gasteiger partial charge on any atom is 0.306 e. The molecule has 28 heavy (non-hydrogen) atoms. The Bertz CT molecular complexity index is 850. The number of anilines is 2. The Balaban J connectivity index is 1.65. The van der Waals surface area contributed by atoms with E-state index in [9.17, 15) is 18.8 Å². The molecular weight excluding hydrogens is 363 g/mol. The lowest BCUT2D eigenvalue weighted by Gasteiger charge is -2.10. The first kappa shape index (κ1) is 21.1. The second-order valence-electron chi connectivity index (χ2n) is 6.36. The van der Waals surface area contributed by atoms with Gasteiger partial charge in [0.1, 0.15) is 5.82 Å². The van der Waals surface area contributed by atoms with E-state index in [-0.39, 0.29) is 37.6 Å². The third-order valence-electron chi connectivity index (χ3n) is 4.16. The van der Waals surface area contributed by atoms with E-state index < -0.39 is 11.9 Å². The number of esters is 1. The number of carbonyl (C=O) groups is 3. The van der Waals surface area contributed by atoms with Crippen molar-refractivity contribution in [3.05, 3.63) is 59.4 Å². The largest absolute Gasteiger partial charge is 0.456 e. The number of carbonyl (C=O) groups excluding carboxylic acids is 3. The first-order valence-corrected chi connectivity index (χ1v) is 8.92. The normalized spacial score (nSPS) is 10.2. The van der Waals surface area contributed by atoms with Crippen molar-refractivity contribution in [1.29, 1.82) is 0 Å². The fraction of sp³-hybridized carbons (Fsp3) is 0.286. The molecule has 0 aliphatic rings. The molecule has 0 bridgehead atoms. The third-order valence-corrected chi connectivity index (χ3v) is 4.16. The van der Waals surface area contributed by atoms with E-state index in [1.54, 1.807) is 6.07 Å². The molecule has 0 saturated carbocycles. The van der Waals surface area contributed by atoms with Crippen LogP contribution in [0.15, 0.2) is 42.5 Å². The van der Waals surface area contributed by atoms with Crippen LogP contribution in [0.1, 0.15) is 30.4 Å². The molecule has 0 aliphatic carbocycles. The summed E-state index contributed by atoms with van der Waals surface area (Å²) in [4.78, 5) is 35.4. The van der Waals surface area contributed by atoms with Crippen LogP contribution >= 0.6 is 0 Å². The van der Waals surface area contributed by atoms with Crippen LogP contribution in [0.4, 0.5) is 15.8 Å². The topological polar surface area (TPSA) is 84.5 Å². The lowest BCUT2D eigenvalue weighted by molar-refractivity contribution is -0.147. The molecule has 2 rings (SSSR count). The van der Waals surface area contributed by atoms with Gasteiger partial charge < -0.3 is 15.4 Å². The lowest BCUT2D eigenvalue weighted by Crippen LogP contribution is -2.21. The van der Waals surface area contributed by atoms with Crippen molar-refractivity contribution in [2.45, 2.75) is 33.1 Å². The van der Waals surface area contributed by atoms with Crippen molar-refractivity contribution in [2.24, 2.45) is 0 Å². The molecule has 0 radical (unpaired) electrons. The van der Waals surface area contributed by atoms with Crippen LogP contribution in [0.2, 0.25) is 0 Å². The minimum absolute atomic E-state index is 0.0214. The first-order chi connectivity index (χ1) is 13.3. The molecule has 0 saturated heterocycles. The van der Waals surface area contributed by atoms with Crippen LogP contribution in [0.25, 0.3) is 0 Å². The molecule has 0 aliphatic heterocycles. The predicted molar refractivity (Wildman–Crippen MR) is 104 cm³/mol. The van der Waals surface area contributed by atoms with Crippen LogP contribution in [-0.4, -0.2) is 24.4 Å². The summed E-state index contributed by atoms with van der Waals surface area (Å²) in [7, 11) is 0. The van der Waals surface area contributed by atoms with Gasteiger partial charge in [0, 0.05) is 24.2 Å². The van der Waals surface area contributed by atoms with E-state index in [0.29, 0.717) is 11.4 Å². The highest BCUT2D eigenvalue weighted by Gasteiger charge is 2.11. The SMILES string of the molecule is Cc1cccc(NC(=O)COC(=O)CCCC(=O)Nc2ccc(F)cc2)c1C. The maximum absolute atomic E-state index is 12.8. The minimum atomic E-state index is -0.550.